The van der Waals surface area contributed by atoms with Crippen LogP contribution in [0.2, 0.25) is 0 Å². The average molecular weight is 253 g/mol. The van der Waals surface area contributed by atoms with E-state index >= 15 is 0 Å². The molecule has 1 aliphatic heterocycles. The zero-order valence-corrected chi connectivity index (χ0v) is 10.4. The zero-order valence-electron chi connectivity index (χ0n) is 10.4. The summed E-state index contributed by atoms with van der Waals surface area (Å²) in [5.41, 5.74) is 1.35. The number of aliphatic carboxylic acids is 1. The van der Waals surface area contributed by atoms with Gasteiger partial charge in [-0.2, -0.15) is 0 Å². The molecule has 1 saturated heterocycles. The topological polar surface area (TPSA) is 58.6 Å². The Labute approximate surface area is 105 Å². The molecular formula is C13H16FNO3. The van der Waals surface area contributed by atoms with Crippen LogP contribution >= 0.6 is 0 Å². The summed E-state index contributed by atoms with van der Waals surface area (Å²) in [4.78, 5) is 10.9. The van der Waals surface area contributed by atoms with Crippen molar-refractivity contribution in [2.45, 2.75) is 19.4 Å². The van der Waals surface area contributed by atoms with Crippen molar-refractivity contribution in [3.8, 4) is 5.75 Å². The van der Waals surface area contributed by atoms with Crippen LogP contribution in [0.25, 0.3) is 0 Å². The maximum atomic E-state index is 13.9. The number of benzene rings is 1. The lowest BCUT2D eigenvalue weighted by atomic mass is 9.98. The third kappa shape index (κ3) is 2.31. The van der Waals surface area contributed by atoms with Crippen LogP contribution < -0.4 is 10.1 Å². The van der Waals surface area contributed by atoms with E-state index in [1.807, 2.05) is 6.92 Å². The van der Waals surface area contributed by atoms with Crippen LogP contribution in [0.1, 0.15) is 23.6 Å². The van der Waals surface area contributed by atoms with Gasteiger partial charge in [-0.25, -0.2) is 4.39 Å². The molecule has 2 atom stereocenters. The highest BCUT2D eigenvalue weighted by Gasteiger charge is 2.31. The van der Waals surface area contributed by atoms with Gasteiger partial charge in [0.1, 0.15) is 11.6 Å². The molecule has 1 aromatic rings. The second-order valence-corrected chi connectivity index (χ2v) is 4.58. The van der Waals surface area contributed by atoms with Crippen LogP contribution in [-0.4, -0.2) is 24.7 Å². The van der Waals surface area contributed by atoms with E-state index < -0.39 is 11.9 Å². The SMILES string of the molecule is COc1cc(F)c(C2CC(C(=O)O)CN2)cc1C. The third-order valence-corrected chi connectivity index (χ3v) is 3.37. The van der Waals surface area contributed by atoms with Crippen LogP contribution in [0, 0.1) is 18.7 Å². The highest BCUT2D eigenvalue weighted by molar-refractivity contribution is 5.70. The summed E-state index contributed by atoms with van der Waals surface area (Å²) in [7, 11) is 1.50. The Morgan fingerprint density at radius 3 is 2.83 bits per heavy atom. The van der Waals surface area contributed by atoms with Gasteiger partial charge in [-0.15, -0.1) is 0 Å². The monoisotopic (exact) mass is 253 g/mol. The first-order chi connectivity index (χ1) is 8.52. The summed E-state index contributed by atoms with van der Waals surface area (Å²) < 4.78 is 19.0. The minimum Gasteiger partial charge on any atom is -0.496 e. The standard InChI is InChI=1S/C13H16FNO3/c1-7-3-9(10(14)5-12(7)18-2)11-4-8(6-15-11)13(16)17/h3,5,8,11,15H,4,6H2,1-2H3,(H,16,17). The minimum absolute atomic E-state index is 0.240. The number of methoxy groups -OCH3 is 1. The number of halogens is 1. The van der Waals surface area contributed by atoms with Crippen LogP contribution in [-0.2, 0) is 4.79 Å². The number of aryl methyl sites for hydroxylation is 1. The van der Waals surface area contributed by atoms with E-state index in [2.05, 4.69) is 5.32 Å². The Kier molecular flexibility index (Phi) is 3.52. The molecule has 2 unspecified atom stereocenters. The first-order valence-corrected chi connectivity index (χ1v) is 5.83. The summed E-state index contributed by atoms with van der Waals surface area (Å²) in [6.07, 6.45) is 0.415. The molecule has 0 spiro atoms. The van der Waals surface area contributed by atoms with Crippen LogP contribution in [0.4, 0.5) is 4.39 Å². The molecule has 5 heteroatoms. The number of ether oxygens (including phenoxy) is 1. The predicted molar refractivity (Wildman–Crippen MR) is 64.2 cm³/mol. The van der Waals surface area contributed by atoms with Gasteiger partial charge in [0.05, 0.1) is 13.0 Å². The quantitative estimate of drug-likeness (QED) is 0.863. The van der Waals surface area contributed by atoms with Crippen molar-refractivity contribution in [2.75, 3.05) is 13.7 Å². The molecule has 0 bridgehead atoms. The van der Waals surface area contributed by atoms with E-state index in [0.717, 1.165) is 5.56 Å². The molecule has 0 aliphatic carbocycles. The molecule has 2 rings (SSSR count). The summed E-state index contributed by atoms with van der Waals surface area (Å²) in [5, 5.41) is 12.0. The van der Waals surface area contributed by atoms with Crippen LogP contribution in [0.3, 0.4) is 0 Å². The largest absolute Gasteiger partial charge is 0.496 e. The number of hydrogen-bond acceptors (Lipinski definition) is 3. The van der Waals surface area contributed by atoms with Crippen LogP contribution in [0.5, 0.6) is 5.75 Å². The van der Waals surface area contributed by atoms with E-state index in [1.165, 1.54) is 13.2 Å². The Morgan fingerprint density at radius 1 is 1.56 bits per heavy atom. The first kappa shape index (κ1) is 12.8. The number of carboxylic acids is 1. The zero-order chi connectivity index (χ0) is 13.3. The number of nitrogens with one attached hydrogen (secondary N) is 1. The van der Waals surface area contributed by atoms with Gasteiger partial charge in [0.25, 0.3) is 0 Å². The predicted octanol–water partition coefficient (Wildman–Crippen LogP) is 1.88. The number of carboxylic acid groups (broad SMARTS) is 1. The molecular weight excluding hydrogens is 237 g/mol. The highest BCUT2D eigenvalue weighted by Crippen LogP contribution is 2.32. The normalized spacial score (nSPS) is 23.1. The molecule has 2 N–H and O–H groups in total. The van der Waals surface area contributed by atoms with E-state index in [1.54, 1.807) is 6.07 Å². The van der Waals surface area contributed by atoms with E-state index in [4.69, 9.17) is 9.84 Å². The summed E-state index contributed by atoms with van der Waals surface area (Å²) in [5.74, 6) is -1.14. The molecule has 1 aliphatic rings. The van der Waals surface area contributed by atoms with Crippen molar-refractivity contribution >= 4 is 5.97 Å². The lowest BCUT2D eigenvalue weighted by molar-refractivity contribution is -0.141. The van der Waals surface area contributed by atoms with Gasteiger partial charge >= 0.3 is 5.97 Å². The number of hydrogen-bond donors (Lipinski definition) is 2. The van der Waals surface area contributed by atoms with Crippen molar-refractivity contribution in [3.63, 3.8) is 0 Å². The third-order valence-electron chi connectivity index (χ3n) is 3.37. The van der Waals surface area contributed by atoms with Gasteiger partial charge in [0.2, 0.25) is 0 Å². The lowest BCUT2D eigenvalue weighted by Gasteiger charge is -2.14. The van der Waals surface area contributed by atoms with Gasteiger partial charge in [-0.3, -0.25) is 4.79 Å². The average Bonchev–Trinajstić information content (AvgIpc) is 2.81. The summed E-state index contributed by atoms with van der Waals surface area (Å²) >= 11 is 0. The molecule has 0 aromatic heterocycles. The maximum absolute atomic E-state index is 13.9. The highest BCUT2D eigenvalue weighted by atomic mass is 19.1. The second kappa shape index (κ2) is 4.94. The summed E-state index contributed by atoms with van der Waals surface area (Å²) in [6, 6.07) is 2.83. The molecule has 98 valence electrons. The van der Waals surface area contributed by atoms with Gasteiger partial charge in [0.15, 0.2) is 0 Å². The molecule has 0 amide bonds. The molecule has 18 heavy (non-hydrogen) atoms. The fourth-order valence-corrected chi connectivity index (χ4v) is 2.33. The number of carbonyl (C=O) groups is 1. The van der Waals surface area contributed by atoms with Gasteiger partial charge in [0, 0.05) is 24.2 Å². The number of rotatable bonds is 3. The molecule has 4 nitrogen and oxygen atoms in total. The van der Waals surface area contributed by atoms with Gasteiger partial charge in [-0.05, 0) is 25.0 Å². The molecule has 0 saturated carbocycles. The van der Waals surface area contributed by atoms with Crippen molar-refractivity contribution in [1.29, 1.82) is 0 Å². The molecule has 1 fully saturated rings. The van der Waals surface area contributed by atoms with E-state index in [0.29, 0.717) is 24.3 Å². The van der Waals surface area contributed by atoms with Crippen LogP contribution in [0.15, 0.2) is 12.1 Å². The Morgan fingerprint density at radius 2 is 2.28 bits per heavy atom. The van der Waals surface area contributed by atoms with E-state index in [9.17, 15) is 9.18 Å². The Bertz CT molecular complexity index is 476. The van der Waals surface area contributed by atoms with Crippen molar-refractivity contribution in [2.24, 2.45) is 5.92 Å². The van der Waals surface area contributed by atoms with Crippen molar-refractivity contribution in [3.05, 3.63) is 29.1 Å². The van der Waals surface area contributed by atoms with Crippen molar-refractivity contribution < 1.29 is 19.0 Å². The maximum Gasteiger partial charge on any atom is 0.307 e. The molecule has 1 aromatic carbocycles. The summed E-state index contributed by atoms with van der Waals surface area (Å²) in [6.45, 7) is 2.22. The first-order valence-electron chi connectivity index (χ1n) is 5.83. The minimum atomic E-state index is -0.837. The fourth-order valence-electron chi connectivity index (χ4n) is 2.33. The molecule has 1 heterocycles. The van der Waals surface area contributed by atoms with Gasteiger partial charge in [-0.1, -0.05) is 0 Å². The van der Waals surface area contributed by atoms with E-state index in [-0.39, 0.29) is 11.9 Å². The van der Waals surface area contributed by atoms with Gasteiger partial charge < -0.3 is 15.2 Å². The fraction of sp³-hybridized carbons (Fsp3) is 0.462. The lowest BCUT2D eigenvalue weighted by Crippen LogP contribution is -2.17. The Hall–Kier alpha value is -1.62. The van der Waals surface area contributed by atoms with Crippen molar-refractivity contribution in [1.82, 2.24) is 5.32 Å². The Balaban J connectivity index is 2.25. The second-order valence-electron chi connectivity index (χ2n) is 4.58. The molecule has 0 radical (unpaired) electrons. The smallest absolute Gasteiger partial charge is 0.307 e.